The second kappa shape index (κ2) is 11.7. The number of likely N-dealkylation sites (tertiary alicyclic amines) is 1. The molecule has 5 rings (SSSR count). The summed E-state index contributed by atoms with van der Waals surface area (Å²) < 4.78 is 15.4. The topological polar surface area (TPSA) is 63.1 Å². The van der Waals surface area contributed by atoms with Gasteiger partial charge < -0.3 is 14.8 Å². The number of halogens is 1. The number of fused-ring (bicyclic) bond motifs is 1. The van der Waals surface area contributed by atoms with Gasteiger partial charge in [-0.3, -0.25) is 9.78 Å². The van der Waals surface area contributed by atoms with Crippen molar-refractivity contribution in [1.29, 1.82) is 0 Å². The van der Waals surface area contributed by atoms with Crippen molar-refractivity contribution in [3.63, 3.8) is 0 Å². The van der Waals surface area contributed by atoms with Crippen LogP contribution in [0.25, 0.3) is 11.0 Å². The maximum Gasteiger partial charge on any atom is 0.251 e. The molecule has 0 radical (unpaired) electrons. The Labute approximate surface area is 214 Å². The van der Waals surface area contributed by atoms with Crippen molar-refractivity contribution < 1.29 is 9.18 Å². The van der Waals surface area contributed by atoms with Gasteiger partial charge in [-0.15, -0.1) is 0 Å². The van der Waals surface area contributed by atoms with Gasteiger partial charge in [0.15, 0.2) is 5.16 Å². The Bertz CT molecular complexity index is 1300. The van der Waals surface area contributed by atoms with E-state index in [9.17, 15) is 9.18 Å². The second-order valence-corrected chi connectivity index (χ2v) is 10.1. The zero-order valence-electron chi connectivity index (χ0n) is 20.2. The minimum Gasteiger partial charge on any atom is -0.351 e. The highest BCUT2D eigenvalue weighted by molar-refractivity contribution is 7.98. The van der Waals surface area contributed by atoms with Gasteiger partial charge in [0.1, 0.15) is 5.82 Å². The Morgan fingerprint density at radius 3 is 2.50 bits per heavy atom. The number of thioether (sulfide) groups is 1. The van der Waals surface area contributed by atoms with Crippen molar-refractivity contribution in [2.24, 2.45) is 0 Å². The van der Waals surface area contributed by atoms with E-state index in [1.807, 2.05) is 36.5 Å². The van der Waals surface area contributed by atoms with Crippen LogP contribution in [0.1, 0.15) is 40.7 Å². The van der Waals surface area contributed by atoms with Crippen molar-refractivity contribution in [1.82, 2.24) is 24.8 Å². The summed E-state index contributed by atoms with van der Waals surface area (Å²) in [5.41, 5.74) is 4.62. The van der Waals surface area contributed by atoms with Crippen molar-refractivity contribution >= 4 is 28.7 Å². The average Bonchev–Trinajstić information content (AvgIpc) is 3.26. The number of imidazole rings is 1. The van der Waals surface area contributed by atoms with Gasteiger partial charge in [0.25, 0.3) is 5.91 Å². The highest BCUT2D eigenvalue weighted by atomic mass is 32.2. The molecule has 0 spiro atoms. The molecule has 1 aliphatic heterocycles. The van der Waals surface area contributed by atoms with Gasteiger partial charge >= 0.3 is 0 Å². The van der Waals surface area contributed by atoms with E-state index in [0.717, 1.165) is 47.0 Å². The van der Waals surface area contributed by atoms with E-state index in [0.29, 0.717) is 24.4 Å². The van der Waals surface area contributed by atoms with Crippen molar-refractivity contribution in [2.45, 2.75) is 36.7 Å². The minimum atomic E-state index is -0.235. The number of benzene rings is 2. The number of hydrogen-bond donors (Lipinski definition) is 1. The molecule has 1 amide bonds. The van der Waals surface area contributed by atoms with E-state index in [1.54, 1.807) is 30.1 Å². The van der Waals surface area contributed by atoms with Gasteiger partial charge in [0.2, 0.25) is 0 Å². The maximum absolute atomic E-state index is 13.3. The molecule has 1 saturated heterocycles. The lowest BCUT2D eigenvalue weighted by molar-refractivity contribution is 0.0946. The predicted molar refractivity (Wildman–Crippen MR) is 142 cm³/mol. The van der Waals surface area contributed by atoms with Crippen molar-refractivity contribution in [2.75, 3.05) is 26.2 Å². The van der Waals surface area contributed by atoms with Crippen LogP contribution in [0, 0.1) is 5.82 Å². The van der Waals surface area contributed by atoms with E-state index >= 15 is 0 Å². The van der Waals surface area contributed by atoms with Gasteiger partial charge in [-0.05, 0) is 67.4 Å². The first-order chi connectivity index (χ1) is 17.7. The number of aromatic nitrogens is 3. The summed E-state index contributed by atoms with van der Waals surface area (Å²) in [5, 5.41) is 3.93. The van der Waals surface area contributed by atoms with Crippen molar-refractivity contribution in [3.8, 4) is 0 Å². The van der Waals surface area contributed by atoms with Crippen LogP contribution in [0.15, 0.2) is 72.1 Å². The average molecular weight is 504 g/mol. The smallest absolute Gasteiger partial charge is 0.251 e. The molecule has 4 aromatic rings. The highest BCUT2D eigenvalue weighted by Gasteiger charge is 2.14. The molecule has 0 aliphatic carbocycles. The third kappa shape index (κ3) is 6.12. The summed E-state index contributed by atoms with van der Waals surface area (Å²) in [6, 6.07) is 16.2. The Balaban J connectivity index is 1.24. The number of nitrogens with one attached hydrogen (secondary N) is 1. The molecule has 2 aromatic carbocycles. The normalized spacial score (nSPS) is 14.2. The Hall–Kier alpha value is -3.23. The quantitative estimate of drug-likeness (QED) is 0.321. The number of amides is 1. The lowest BCUT2D eigenvalue weighted by atomic mass is 10.1. The first-order valence-electron chi connectivity index (χ1n) is 12.4. The molecule has 0 bridgehead atoms. The Morgan fingerprint density at radius 1 is 0.972 bits per heavy atom. The summed E-state index contributed by atoms with van der Waals surface area (Å²) in [6.45, 7) is 4.46. The molecule has 36 heavy (non-hydrogen) atoms. The fourth-order valence-corrected chi connectivity index (χ4v) is 5.47. The molecule has 0 unspecified atom stereocenters. The molecule has 0 saturated carbocycles. The number of piperidine rings is 1. The zero-order chi connectivity index (χ0) is 24.7. The summed E-state index contributed by atoms with van der Waals surface area (Å²) in [6.07, 6.45) is 7.39. The molecule has 0 atom stereocenters. The predicted octanol–water partition coefficient (Wildman–Crippen LogP) is 5.13. The molecular formula is C28H30FN5OS. The van der Waals surface area contributed by atoms with Gasteiger partial charge in [-0.2, -0.15) is 0 Å². The summed E-state index contributed by atoms with van der Waals surface area (Å²) in [4.78, 5) is 24.1. The minimum absolute atomic E-state index is 0.0358. The van der Waals surface area contributed by atoms with Gasteiger partial charge in [0.05, 0.1) is 23.8 Å². The molecule has 186 valence electrons. The standard InChI is InChI=1S/C28H30FN5OS/c29-24-10-6-22(7-11-24)20-36-28-32-25-12-13-30-18-26(25)34(28)19-21-4-8-23(9-5-21)27(35)31-14-17-33-15-2-1-3-16-33/h4-13,18H,1-3,14-17,19-20H2,(H,31,35). The van der Waals surface area contributed by atoms with Crippen molar-refractivity contribution in [3.05, 3.63) is 89.5 Å². The van der Waals surface area contributed by atoms with E-state index in [4.69, 9.17) is 4.98 Å². The molecule has 1 fully saturated rings. The number of hydrogen-bond acceptors (Lipinski definition) is 5. The third-order valence-corrected chi connectivity index (χ3v) is 7.56. The van der Waals surface area contributed by atoms with E-state index in [1.165, 1.54) is 31.4 Å². The summed E-state index contributed by atoms with van der Waals surface area (Å²) in [5.74, 6) is 0.417. The zero-order valence-corrected chi connectivity index (χ0v) is 21.0. The fraction of sp³-hybridized carbons (Fsp3) is 0.321. The van der Waals surface area contributed by atoms with Crippen LogP contribution in [-0.4, -0.2) is 51.5 Å². The second-order valence-electron chi connectivity index (χ2n) is 9.12. The summed E-state index contributed by atoms with van der Waals surface area (Å²) in [7, 11) is 0. The van der Waals surface area contributed by atoms with E-state index in [-0.39, 0.29) is 11.7 Å². The SMILES string of the molecule is O=C(NCCN1CCCCC1)c1ccc(Cn2c(SCc3ccc(F)cc3)nc3ccncc32)cc1. The first-order valence-corrected chi connectivity index (χ1v) is 13.4. The lowest BCUT2D eigenvalue weighted by Crippen LogP contribution is -2.37. The van der Waals surface area contributed by atoms with Crippen LogP contribution in [0.5, 0.6) is 0 Å². The fourth-order valence-electron chi connectivity index (χ4n) is 4.50. The largest absolute Gasteiger partial charge is 0.351 e. The molecule has 3 heterocycles. The monoisotopic (exact) mass is 503 g/mol. The number of pyridine rings is 1. The van der Waals surface area contributed by atoms with Crippen LogP contribution < -0.4 is 5.32 Å². The van der Waals surface area contributed by atoms with Gasteiger partial charge in [0, 0.05) is 30.6 Å². The third-order valence-electron chi connectivity index (χ3n) is 6.52. The van der Waals surface area contributed by atoms with E-state index < -0.39 is 0 Å². The highest BCUT2D eigenvalue weighted by Crippen LogP contribution is 2.27. The number of nitrogens with zero attached hydrogens (tertiary/aromatic N) is 4. The Morgan fingerprint density at radius 2 is 1.72 bits per heavy atom. The molecule has 8 heteroatoms. The number of rotatable bonds is 9. The molecule has 2 aromatic heterocycles. The van der Waals surface area contributed by atoms with Crippen LogP contribution in [0.4, 0.5) is 4.39 Å². The molecule has 6 nitrogen and oxygen atoms in total. The number of carbonyl (C=O) groups is 1. The van der Waals surface area contributed by atoms with Crippen LogP contribution in [0.2, 0.25) is 0 Å². The Kier molecular flexibility index (Phi) is 7.93. The van der Waals surface area contributed by atoms with Gasteiger partial charge in [-0.25, -0.2) is 9.37 Å². The summed E-state index contributed by atoms with van der Waals surface area (Å²) >= 11 is 1.61. The van der Waals surface area contributed by atoms with Crippen LogP contribution >= 0.6 is 11.8 Å². The first kappa shape index (κ1) is 24.5. The van der Waals surface area contributed by atoms with Crippen LogP contribution in [-0.2, 0) is 12.3 Å². The van der Waals surface area contributed by atoms with E-state index in [2.05, 4.69) is 19.8 Å². The molecule has 1 aliphatic rings. The molecular weight excluding hydrogens is 473 g/mol. The molecule has 1 N–H and O–H groups in total. The maximum atomic E-state index is 13.3. The lowest BCUT2D eigenvalue weighted by Gasteiger charge is -2.26. The van der Waals surface area contributed by atoms with Crippen LogP contribution in [0.3, 0.4) is 0 Å². The number of carbonyl (C=O) groups excluding carboxylic acids is 1. The van der Waals surface area contributed by atoms with Gasteiger partial charge in [-0.1, -0.05) is 42.4 Å².